The lowest BCUT2D eigenvalue weighted by molar-refractivity contribution is 0.104. The Kier molecular flexibility index (Phi) is 6.02. The largest absolute Gasteiger partial charge is 0.377 e. The minimum Gasteiger partial charge on any atom is -0.377 e. The molecule has 1 saturated heterocycles. The maximum absolute atomic E-state index is 5.43. The van der Waals surface area contributed by atoms with Gasteiger partial charge in [0.15, 0.2) is 0 Å². The number of benzene rings is 1. The van der Waals surface area contributed by atoms with Gasteiger partial charge in [-0.15, -0.1) is 0 Å². The van der Waals surface area contributed by atoms with E-state index in [0.29, 0.717) is 6.04 Å². The van der Waals surface area contributed by atoms with Crippen LogP contribution in [0, 0.1) is 0 Å². The van der Waals surface area contributed by atoms with E-state index in [0.717, 1.165) is 19.8 Å². The first-order valence-corrected chi connectivity index (χ1v) is 7.81. The molecule has 1 aromatic rings. The average molecular weight is 276 g/mol. The van der Waals surface area contributed by atoms with Gasteiger partial charge < -0.3 is 4.74 Å². The summed E-state index contributed by atoms with van der Waals surface area (Å²) >= 11 is 0. The molecule has 112 valence electrons. The van der Waals surface area contributed by atoms with Crippen LogP contribution in [0.25, 0.3) is 0 Å². The Morgan fingerprint density at radius 3 is 2.15 bits per heavy atom. The van der Waals surface area contributed by atoms with E-state index < -0.39 is 0 Å². The zero-order valence-electron chi connectivity index (χ0n) is 13.1. The average Bonchev–Trinajstić information content (AvgIpc) is 2.47. The van der Waals surface area contributed by atoms with Crippen LogP contribution >= 0.6 is 0 Å². The summed E-state index contributed by atoms with van der Waals surface area (Å²) in [6.45, 7) is 13.9. The molecule has 1 fully saturated rings. The molecule has 0 N–H and O–H groups in total. The van der Waals surface area contributed by atoms with Crippen LogP contribution < -0.4 is 0 Å². The molecule has 1 aliphatic heterocycles. The zero-order valence-corrected chi connectivity index (χ0v) is 13.1. The van der Waals surface area contributed by atoms with Crippen LogP contribution in [-0.2, 0) is 17.9 Å². The Morgan fingerprint density at radius 1 is 1.00 bits per heavy atom. The van der Waals surface area contributed by atoms with Crippen LogP contribution in [0.3, 0.4) is 0 Å². The molecule has 0 aromatic heterocycles. The number of nitrogens with zero attached hydrogens (tertiary/aromatic N) is 2. The van der Waals surface area contributed by atoms with Crippen molar-refractivity contribution in [2.75, 3.05) is 32.8 Å². The quantitative estimate of drug-likeness (QED) is 0.794. The minimum absolute atomic E-state index is 0.676. The van der Waals surface area contributed by atoms with Crippen LogP contribution in [0.4, 0.5) is 0 Å². The summed E-state index contributed by atoms with van der Waals surface area (Å²) < 4.78 is 5.43. The zero-order chi connectivity index (χ0) is 14.4. The fourth-order valence-electron chi connectivity index (χ4n) is 2.66. The molecule has 0 bridgehead atoms. The van der Waals surface area contributed by atoms with E-state index in [1.165, 1.54) is 37.3 Å². The minimum atomic E-state index is 0.676. The van der Waals surface area contributed by atoms with Crippen molar-refractivity contribution in [3.05, 3.63) is 35.4 Å². The molecule has 0 aliphatic carbocycles. The van der Waals surface area contributed by atoms with Gasteiger partial charge in [0, 0.05) is 45.4 Å². The molecule has 2 rings (SSSR count). The summed E-state index contributed by atoms with van der Waals surface area (Å²) in [6.07, 6.45) is 0. The molecule has 3 nitrogen and oxygen atoms in total. The van der Waals surface area contributed by atoms with Crippen molar-refractivity contribution < 1.29 is 4.74 Å². The van der Waals surface area contributed by atoms with Crippen molar-refractivity contribution >= 4 is 0 Å². The molecule has 0 saturated carbocycles. The third-order valence-corrected chi connectivity index (χ3v) is 4.04. The van der Waals surface area contributed by atoms with E-state index in [2.05, 4.69) is 47.9 Å². The molecule has 20 heavy (non-hydrogen) atoms. The van der Waals surface area contributed by atoms with Gasteiger partial charge in [0.05, 0.1) is 6.61 Å². The maximum Gasteiger partial charge on any atom is 0.0716 e. The summed E-state index contributed by atoms with van der Waals surface area (Å²) in [5.41, 5.74) is 2.67. The van der Waals surface area contributed by atoms with Gasteiger partial charge in [0.2, 0.25) is 0 Å². The highest BCUT2D eigenvalue weighted by molar-refractivity contribution is 5.22. The molecular formula is C17H28N2O. The predicted octanol–water partition coefficient (Wildman–Crippen LogP) is 2.75. The van der Waals surface area contributed by atoms with Gasteiger partial charge >= 0.3 is 0 Å². The van der Waals surface area contributed by atoms with Gasteiger partial charge in [-0.3, -0.25) is 9.80 Å². The Hall–Kier alpha value is -0.900. The summed E-state index contributed by atoms with van der Waals surface area (Å²) in [7, 11) is 0. The van der Waals surface area contributed by atoms with Crippen LogP contribution in [0.5, 0.6) is 0 Å². The number of hydrogen-bond donors (Lipinski definition) is 0. The third kappa shape index (κ3) is 4.58. The third-order valence-electron chi connectivity index (χ3n) is 4.04. The number of ether oxygens (including phenoxy) is 1. The lowest BCUT2D eigenvalue weighted by atomic mass is 10.1. The molecule has 1 aliphatic rings. The summed E-state index contributed by atoms with van der Waals surface area (Å²) in [5.74, 6) is 0. The second-order valence-corrected chi connectivity index (χ2v) is 5.86. The van der Waals surface area contributed by atoms with Gasteiger partial charge in [-0.2, -0.15) is 0 Å². The van der Waals surface area contributed by atoms with Gasteiger partial charge in [-0.05, 0) is 31.9 Å². The van der Waals surface area contributed by atoms with E-state index in [1.54, 1.807) is 0 Å². The van der Waals surface area contributed by atoms with Gasteiger partial charge in [-0.25, -0.2) is 0 Å². The maximum atomic E-state index is 5.43. The molecule has 1 heterocycles. The van der Waals surface area contributed by atoms with Gasteiger partial charge in [0.1, 0.15) is 0 Å². The number of piperazine rings is 1. The Labute approximate surface area is 123 Å². The Morgan fingerprint density at radius 2 is 1.60 bits per heavy atom. The highest BCUT2D eigenvalue weighted by atomic mass is 16.5. The van der Waals surface area contributed by atoms with Crippen molar-refractivity contribution in [2.45, 2.75) is 40.0 Å². The number of rotatable bonds is 6. The lowest BCUT2D eigenvalue weighted by Crippen LogP contribution is -2.48. The molecule has 3 heteroatoms. The van der Waals surface area contributed by atoms with Crippen molar-refractivity contribution in [1.82, 2.24) is 9.80 Å². The topological polar surface area (TPSA) is 15.7 Å². The van der Waals surface area contributed by atoms with Crippen molar-refractivity contribution in [2.24, 2.45) is 0 Å². The fraction of sp³-hybridized carbons (Fsp3) is 0.647. The van der Waals surface area contributed by atoms with Gasteiger partial charge in [-0.1, -0.05) is 24.3 Å². The van der Waals surface area contributed by atoms with Gasteiger partial charge in [0.25, 0.3) is 0 Å². The normalized spacial score (nSPS) is 17.8. The smallest absolute Gasteiger partial charge is 0.0716 e. The first kappa shape index (κ1) is 15.5. The van der Waals surface area contributed by atoms with Crippen LogP contribution in [-0.4, -0.2) is 48.6 Å². The predicted molar refractivity (Wildman–Crippen MR) is 83.8 cm³/mol. The first-order valence-electron chi connectivity index (χ1n) is 7.81. The second kappa shape index (κ2) is 7.77. The van der Waals surface area contributed by atoms with E-state index >= 15 is 0 Å². The van der Waals surface area contributed by atoms with Crippen LogP contribution in [0.1, 0.15) is 31.9 Å². The highest BCUT2D eigenvalue weighted by Crippen LogP contribution is 2.12. The summed E-state index contributed by atoms with van der Waals surface area (Å²) in [5, 5.41) is 0. The molecule has 0 atom stereocenters. The molecule has 0 radical (unpaired) electrons. The lowest BCUT2D eigenvalue weighted by Gasteiger charge is -2.36. The molecule has 0 spiro atoms. The second-order valence-electron chi connectivity index (χ2n) is 5.86. The molecular weight excluding hydrogens is 248 g/mol. The first-order chi connectivity index (χ1) is 9.69. The van der Waals surface area contributed by atoms with E-state index in [9.17, 15) is 0 Å². The van der Waals surface area contributed by atoms with Crippen molar-refractivity contribution in [1.29, 1.82) is 0 Å². The monoisotopic (exact) mass is 276 g/mol. The number of hydrogen-bond acceptors (Lipinski definition) is 3. The van der Waals surface area contributed by atoms with Crippen LogP contribution in [0.2, 0.25) is 0 Å². The summed E-state index contributed by atoms with van der Waals surface area (Å²) in [6, 6.07) is 9.53. The van der Waals surface area contributed by atoms with Crippen LogP contribution in [0.15, 0.2) is 24.3 Å². The van der Waals surface area contributed by atoms with Crippen molar-refractivity contribution in [3.63, 3.8) is 0 Å². The molecule has 0 unspecified atom stereocenters. The Bertz CT molecular complexity index is 380. The molecule has 0 amide bonds. The SMILES string of the molecule is CCOCc1ccc(CN2CCN(C(C)C)CC2)cc1. The standard InChI is InChI=1S/C17H28N2O/c1-4-20-14-17-7-5-16(6-8-17)13-18-9-11-19(12-10-18)15(2)3/h5-8,15H,4,9-14H2,1-3H3. The van der Waals surface area contributed by atoms with Crippen molar-refractivity contribution in [3.8, 4) is 0 Å². The van der Waals surface area contributed by atoms with E-state index in [1.807, 2.05) is 6.92 Å². The fourth-order valence-corrected chi connectivity index (χ4v) is 2.66. The van der Waals surface area contributed by atoms with E-state index in [4.69, 9.17) is 4.74 Å². The molecule has 1 aromatic carbocycles. The van der Waals surface area contributed by atoms with E-state index in [-0.39, 0.29) is 0 Å². The Balaban J connectivity index is 1.79. The highest BCUT2D eigenvalue weighted by Gasteiger charge is 2.18. The summed E-state index contributed by atoms with van der Waals surface area (Å²) in [4.78, 5) is 5.11.